The Balaban J connectivity index is 1.82. The molecule has 1 aliphatic rings. The van der Waals surface area contributed by atoms with Crippen molar-refractivity contribution in [3.63, 3.8) is 0 Å². The van der Waals surface area contributed by atoms with Gasteiger partial charge in [-0.25, -0.2) is 4.98 Å². The zero-order chi connectivity index (χ0) is 13.5. The van der Waals surface area contributed by atoms with Gasteiger partial charge in [0.25, 0.3) is 0 Å². The van der Waals surface area contributed by atoms with Crippen LogP contribution < -0.4 is 11.1 Å². The number of amides is 1. The van der Waals surface area contributed by atoms with Gasteiger partial charge >= 0.3 is 0 Å². The minimum Gasteiger partial charge on any atom is -0.441 e. The number of carbonyl (C=O) groups excluding carboxylic acids is 1. The normalized spacial score (nSPS) is 17.8. The number of fused-ring (bicyclic) bond motifs is 1. The smallest absolute Gasteiger partial charge is 0.244 e. The number of carbonyl (C=O) groups is 1. The molecule has 5 nitrogen and oxygen atoms in total. The molecule has 0 spiro atoms. The molecule has 3 rings (SSSR count). The largest absolute Gasteiger partial charge is 0.441 e. The number of anilines is 1. The number of nitrogens with zero attached hydrogens (tertiary/aromatic N) is 1. The van der Waals surface area contributed by atoms with Crippen LogP contribution in [-0.4, -0.2) is 16.4 Å². The van der Waals surface area contributed by atoms with E-state index in [9.17, 15) is 4.79 Å². The van der Waals surface area contributed by atoms with E-state index in [2.05, 4.69) is 10.3 Å². The van der Waals surface area contributed by atoms with E-state index < -0.39 is 5.54 Å². The van der Waals surface area contributed by atoms with Crippen LogP contribution in [-0.2, 0) is 4.79 Å². The molecule has 1 aromatic heterocycles. The SMILES string of the molecule is Cc1nc2ccc(NC(=O)C3(N)CCCC3)cc2o1. The van der Waals surface area contributed by atoms with Crippen LogP contribution in [0.15, 0.2) is 22.6 Å². The fraction of sp³-hybridized carbons (Fsp3) is 0.429. The van der Waals surface area contributed by atoms with E-state index in [1.807, 2.05) is 12.1 Å². The van der Waals surface area contributed by atoms with Crippen molar-refractivity contribution in [2.45, 2.75) is 38.1 Å². The molecule has 0 aliphatic heterocycles. The highest BCUT2D eigenvalue weighted by atomic mass is 16.3. The molecule has 1 heterocycles. The van der Waals surface area contributed by atoms with E-state index in [-0.39, 0.29) is 5.91 Å². The van der Waals surface area contributed by atoms with Crippen molar-refractivity contribution in [1.82, 2.24) is 4.98 Å². The van der Waals surface area contributed by atoms with Crippen molar-refractivity contribution in [2.75, 3.05) is 5.32 Å². The molecule has 1 aliphatic carbocycles. The molecule has 0 atom stereocenters. The van der Waals surface area contributed by atoms with Gasteiger partial charge in [-0.1, -0.05) is 12.8 Å². The highest BCUT2D eigenvalue weighted by Gasteiger charge is 2.36. The van der Waals surface area contributed by atoms with Crippen LogP contribution in [0.25, 0.3) is 11.1 Å². The van der Waals surface area contributed by atoms with Crippen molar-refractivity contribution >= 4 is 22.7 Å². The van der Waals surface area contributed by atoms with Crippen molar-refractivity contribution in [3.8, 4) is 0 Å². The van der Waals surface area contributed by atoms with Gasteiger partial charge in [0.05, 0.1) is 5.54 Å². The zero-order valence-corrected chi connectivity index (χ0v) is 10.9. The Morgan fingerprint density at radius 2 is 2.16 bits per heavy atom. The summed E-state index contributed by atoms with van der Waals surface area (Å²) in [5.41, 5.74) is 7.57. The van der Waals surface area contributed by atoms with Gasteiger partial charge in [-0.2, -0.15) is 0 Å². The summed E-state index contributed by atoms with van der Waals surface area (Å²) in [6.07, 6.45) is 3.54. The number of nitrogens with two attached hydrogens (primary N) is 1. The summed E-state index contributed by atoms with van der Waals surface area (Å²) in [7, 11) is 0. The van der Waals surface area contributed by atoms with Crippen molar-refractivity contribution < 1.29 is 9.21 Å². The molecule has 0 radical (unpaired) electrons. The lowest BCUT2D eigenvalue weighted by molar-refractivity contribution is -0.121. The molecular formula is C14H17N3O2. The van der Waals surface area contributed by atoms with Gasteiger partial charge in [0, 0.05) is 18.7 Å². The first kappa shape index (κ1) is 12.2. The number of oxazole rings is 1. The Labute approximate surface area is 111 Å². The Morgan fingerprint density at radius 1 is 1.42 bits per heavy atom. The number of benzene rings is 1. The van der Waals surface area contributed by atoms with Crippen molar-refractivity contribution in [2.24, 2.45) is 5.73 Å². The van der Waals surface area contributed by atoms with Crippen LogP contribution in [0.4, 0.5) is 5.69 Å². The van der Waals surface area contributed by atoms with Crippen LogP contribution in [0.5, 0.6) is 0 Å². The van der Waals surface area contributed by atoms with Crippen LogP contribution in [0.3, 0.4) is 0 Å². The number of hydrogen-bond donors (Lipinski definition) is 2. The van der Waals surface area contributed by atoms with Crippen LogP contribution >= 0.6 is 0 Å². The van der Waals surface area contributed by atoms with Gasteiger partial charge in [0.2, 0.25) is 5.91 Å². The Hall–Kier alpha value is -1.88. The van der Waals surface area contributed by atoms with E-state index in [1.165, 1.54) is 0 Å². The van der Waals surface area contributed by atoms with Gasteiger partial charge < -0.3 is 15.5 Å². The van der Waals surface area contributed by atoms with Gasteiger partial charge in [-0.15, -0.1) is 0 Å². The maximum Gasteiger partial charge on any atom is 0.244 e. The fourth-order valence-corrected chi connectivity index (χ4v) is 2.61. The summed E-state index contributed by atoms with van der Waals surface area (Å²) in [6.45, 7) is 1.80. The van der Waals surface area contributed by atoms with E-state index in [0.717, 1.165) is 31.2 Å². The summed E-state index contributed by atoms with van der Waals surface area (Å²) in [6, 6.07) is 5.44. The monoisotopic (exact) mass is 259 g/mol. The van der Waals surface area contributed by atoms with Crippen molar-refractivity contribution in [1.29, 1.82) is 0 Å². The van der Waals surface area contributed by atoms with E-state index >= 15 is 0 Å². The Kier molecular flexibility index (Phi) is 2.78. The predicted octanol–water partition coefficient (Wildman–Crippen LogP) is 2.35. The minimum atomic E-state index is -0.716. The lowest BCUT2D eigenvalue weighted by atomic mass is 9.98. The zero-order valence-electron chi connectivity index (χ0n) is 10.9. The Morgan fingerprint density at radius 3 is 2.89 bits per heavy atom. The average Bonchev–Trinajstić information content (AvgIpc) is 2.95. The molecule has 19 heavy (non-hydrogen) atoms. The maximum absolute atomic E-state index is 12.2. The molecule has 1 saturated carbocycles. The number of hydrogen-bond acceptors (Lipinski definition) is 4. The third-order valence-electron chi connectivity index (χ3n) is 3.70. The van der Waals surface area contributed by atoms with Crippen LogP contribution in [0, 0.1) is 6.92 Å². The summed E-state index contributed by atoms with van der Waals surface area (Å²) in [4.78, 5) is 16.4. The average molecular weight is 259 g/mol. The van der Waals surface area contributed by atoms with E-state index in [4.69, 9.17) is 10.2 Å². The number of nitrogens with one attached hydrogen (secondary N) is 1. The van der Waals surface area contributed by atoms with Gasteiger partial charge in [-0.3, -0.25) is 4.79 Å². The van der Waals surface area contributed by atoms with Gasteiger partial charge in [-0.05, 0) is 25.0 Å². The van der Waals surface area contributed by atoms with Crippen LogP contribution in [0.1, 0.15) is 31.6 Å². The van der Waals surface area contributed by atoms with Crippen molar-refractivity contribution in [3.05, 3.63) is 24.1 Å². The molecular weight excluding hydrogens is 242 g/mol. The summed E-state index contributed by atoms with van der Waals surface area (Å²) >= 11 is 0. The number of aromatic nitrogens is 1. The standard InChI is InChI=1S/C14H17N3O2/c1-9-16-11-5-4-10(8-12(11)19-9)17-13(18)14(15)6-2-3-7-14/h4-5,8H,2-3,6-7,15H2,1H3,(H,17,18). The molecule has 0 unspecified atom stereocenters. The molecule has 0 saturated heterocycles. The molecule has 2 aromatic rings. The number of rotatable bonds is 2. The molecule has 3 N–H and O–H groups in total. The quantitative estimate of drug-likeness (QED) is 0.867. The second-order valence-electron chi connectivity index (χ2n) is 5.23. The highest BCUT2D eigenvalue weighted by molar-refractivity contribution is 5.99. The summed E-state index contributed by atoms with van der Waals surface area (Å²) in [5.74, 6) is 0.505. The molecule has 0 bridgehead atoms. The first-order valence-corrected chi connectivity index (χ1v) is 6.54. The molecule has 1 aromatic carbocycles. The summed E-state index contributed by atoms with van der Waals surface area (Å²) in [5, 5.41) is 2.87. The molecule has 5 heteroatoms. The van der Waals surface area contributed by atoms with Crippen LogP contribution in [0.2, 0.25) is 0 Å². The predicted molar refractivity (Wildman–Crippen MR) is 72.8 cm³/mol. The van der Waals surface area contributed by atoms with Gasteiger partial charge in [0.1, 0.15) is 5.52 Å². The Bertz CT molecular complexity index is 627. The lowest BCUT2D eigenvalue weighted by Crippen LogP contribution is -2.48. The third kappa shape index (κ3) is 2.21. The summed E-state index contributed by atoms with van der Waals surface area (Å²) < 4.78 is 5.45. The number of aryl methyl sites for hydroxylation is 1. The van der Waals surface area contributed by atoms with Gasteiger partial charge in [0.15, 0.2) is 11.5 Å². The second-order valence-corrected chi connectivity index (χ2v) is 5.23. The van der Waals surface area contributed by atoms with E-state index in [0.29, 0.717) is 17.2 Å². The molecule has 100 valence electrons. The van der Waals surface area contributed by atoms with E-state index in [1.54, 1.807) is 13.0 Å². The highest BCUT2D eigenvalue weighted by Crippen LogP contribution is 2.29. The first-order chi connectivity index (χ1) is 9.07. The first-order valence-electron chi connectivity index (χ1n) is 6.54. The minimum absolute atomic E-state index is 0.111. The topological polar surface area (TPSA) is 81.2 Å². The molecule has 1 amide bonds. The lowest BCUT2D eigenvalue weighted by Gasteiger charge is -2.22. The maximum atomic E-state index is 12.2. The molecule has 1 fully saturated rings. The fourth-order valence-electron chi connectivity index (χ4n) is 2.61. The second kappa shape index (κ2) is 4.35. The third-order valence-corrected chi connectivity index (χ3v) is 3.70.